The van der Waals surface area contributed by atoms with Crippen molar-refractivity contribution in [2.45, 2.75) is 20.8 Å². The smallest absolute Gasteiger partial charge is 0.165 e. The van der Waals surface area contributed by atoms with Gasteiger partial charge in [-0.15, -0.1) is 0 Å². The molecule has 19 heavy (non-hydrogen) atoms. The second-order valence-electron chi connectivity index (χ2n) is 4.78. The molecular weight excluding hydrogens is 258 g/mol. The van der Waals surface area contributed by atoms with E-state index in [4.69, 9.17) is 11.6 Å². The van der Waals surface area contributed by atoms with Crippen molar-refractivity contribution in [1.82, 2.24) is 14.6 Å². The number of hydrogen-bond donors (Lipinski definition) is 0. The van der Waals surface area contributed by atoms with Gasteiger partial charge in [-0.25, -0.2) is 9.50 Å². The molecule has 0 aliphatic heterocycles. The third-order valence-corrected chi connectivity index (χ3v) is 3.46. The molecule has 0 bridgehead atoms. The van der Waals surface area contributed by atoms with Crippen LogP contribution in [0.2, 0.25) is 5.15 Å². The van der Waals surface area contributed by atoms with E-state index in [2.05, 4.69) is 41.3 Å². The average molecular weight is 272 g/mol. The van der Waals surface area contributed by atoms with E-state index in [1.54, 1.807) is 4.52 Å². The molecule has 3 rings (SSSR count). The van der Waals surface area contributed by atoms with E-state index in [0.29, 0.717) is 5.15 Å². The number of benzene rings is 1. The fourth-order valence-corrected chi connectivity index (χ4v) is 2.53. The average Bonchev–Trinajstić information content (AvgIpc) is 2.67. The van der Waals surface area contributed by atoms with Gasteiger partial charge in [-0.05, 0) is 32.4 Å². The van der Waals surface area contributed by atoms with Gasteiger partial charge in [0.2, 0.25) is 0 Å². The quantitative estimate of drug-likeness (QED) is 0.627. The maximum Gasteiger partial charge on any atom is 0.165 e. The van der Waals surface area contributed by atoms with Gasteiger partial charge in [0.1, 0.15) is 5.15 Å². The van der Waals surface area contributed by atoms with Crippen molar-refractivity contribution < 1.29 is 0 Å². The van der Waals surface area contributed by atoms with Gasteiger partial charge in [0, 0.05) is 11.3 Å². The maximum atomic E-state index is 6.22. The SMILES string of the molecule is Cc1ccc(-c2c(C)nn3c(Cl)cc(C)nc23)cc1. The summed E-state index contributed by atoms with van der Waals surface area (Å²) in [6.07, 6.45) is 0. The molecule has 96 valence electrons. The Balaban J connectivity index is 2.34. The fraction of sp³-hybridized carbons (Fsp3) is 0.200. The van der Waals surface area contributed by atoms with E-state index in [0.717, 1.165) is 28.2 Å². The highest BCUT2D eigenvalue weighted by molar-refractivity contribution is 6.29. The van der Waals surface area contributed by atoms with E-state index >= 15 is 0 Å². The number of aromatic nitrogens is 3. The van der Waals surface area contributed by atoms with Crippen LogP contribution in [0.5, 0.6) is 0 Å². The first kappa shape index (κ1) is 12.2. The Morgan fingerprint density at radius 1 is 1.05 bits per heavy atom. The van der Waals surface area contributed by atoms with Crippen LogP contribution in [0.25, 0.3) is 16.8 Å². The van der Waals surface area contributed by atoms with Crippen molar-refractivity contribution in [2.75, 3.05) is 0 Å². The number of rotatable bonds is 1. The third-order valence-electron chi connectivity index (χ3n) is 3.19. The van der Waals surface area contributed by atoms with Crippen LogP contribution >= 0.6 is 11.6 Å². The summed E-state index contributed by atoms with van der Waals surface area (Å²) in [6, 6.07) is 10.2. The lowest BCUT2D eigenvalue weighted by atomic mass is 10.0. The van der Waals surface area contributed by atoms with E-state index < -0.39 is 0 Å². The Morgan fingerprint density at radius 3 is 2.42 bits per heavy atom. The molecule has 0 N–H and O–H groups in total. The van der Waals surface area contributed by atoms with Gasteiger partial charge in [-0.3, -0.25) is 0 Å². The summed E-state index contributed by atoms with van der Waals surface area (Å²) in [6.45, 7) is 5.99. The Morgan fingerprint density at radius 2 is 1.74 bits per heavy atom. The minimum Gasteiger partial charge on any atom is -0.233 e. The lowest BCUT2D eigenvalue weighted by Gasteiger charge is -2.03. The largest absolute Gasteiger partial charge is 0.233 e. The highest BCUT2D eigenvalue weighted by Crippen LogP contribution is 2.29. The van der Waals surface area contributed by atoms with E-state index in [1.165, 1.54) is 5.56 Å². The van der Waals surface area contributed by atoms with Gasteiger partial charge >= 0.3 is 0 Å². The highest BCUT2D eigenvalue weighted by atomic mass is 35.5. The molecule has 2 heterocycles. The zero-order valence-electron chi connectivity index (χ0n) is 11.1. The van der Waals surface area contributed by atoms with Crippen molar-refractivity contribution in [1.29, 1.82) is 0 Å². The van der Waals surface area contributed by atoms with Gasteiger partial charge in [0.25, 0.3) is 0 Å². The summed E-state index contributed by atoms with van der Waals surface area (Å²) in [5, 5.41) is 5.06. The number of nitrogens with zero attached hydrogens (tertiary/aromatic N) is 3. The van der Waals surface area contributed by atoms with Crippen LogP contribution < -0.4 is 0 Å². The second-order valence-corrected chi connectivity index (χ2v) is 5.17. The number of hydrogen-bond acceptors (Lipinski definition) is 2. The molecule has 0 fully saturated rings. The molecule has 0 aliphatic rings. The van der Waals surface area contributed by atoms with Crippen LogP contribution in [0.1, 0.15) is 17.0 Å². The van der Waals surface area contributed by atoms with E-state index in [-0.39, 0.29) is 0 Å². The van der Waals surface area contributed by atoms with Gasteiger partial charge in [-0.2, -0.15) is 5.10 Å². The summed E-state index contributed by atoms with van der Waals surface area (Å²) >= 11 is 6.22. The Kier molecular flexibility index (Phi) is 2.79. The summed E-state index contributed by atoms with van der Waals surface area (Å²) in [5.41, 5.74) is 6.04. The van der Waals surface area contributed by atoms with Crippen LogP contribution in [0.3, 0.4) is 0 Å². The molecule has 3 aromatic rings. The Bertz CT molecular complexity index is 757. The number of aryl methyl sites for hydroxylation is 3. The van der Waals surface area contributed by atoms with Crippen molar-refractivity contribution >= 4 is 17.2 Å². The first-order valence-corrected chi connectivity index (χ1v) is 6.53. The van der Waals surface area contributed by atoms with Crippen molar-refractivity contribution in [3.63, 3.8) is 0 Å². The first-order chi connectivity index (χ1) is 9.06. The topological polar surface area (TPSA) is 30.2 Å². The summed E-state index contributed by atoms with van der Waals surface area (Å²) < 4.78 is 1.69. The lowest BCUT2D eigenvalue weighted by molar-refractivity contribution is 0.910. The highest BCUT2D eigenvalue weighted by Gasteiger charge is 2.14. The molecule has 4 heteroatoms. The minimum atomic E-state index is 0.587. The predicted molar refractivity (Wildman–Crippen MR) is 77.6 cm³/mol. The van der Waals surface area contributed by atoms with Crippen LogP contribution in [0, 0.1) is 20.8 Å². The molecule has 0 aliphatic carbocycles. The Hall–Kier alpha value is -1.87. The van der Waals surface area contributed by atoms with Gasteiger partial charge in [-0.1, -0.05) is 41.4 Å². The molecular formula is C15H14ClN3. The zero-order valence-corrected chi connectivity index (χ0v) is 11.9. The van der Waals surface area contributed by atoms with Crippen LogP contribution in [-0.4, -0.2) is 14.6 Å². The number of fused-ring (bicyclic) bond motifs is 1. The molecule has 2 aromatic heterocycles. The minimum absolute atomic E-state index is 0.587. The van der Waals surface area contributed by atoms with Crippen LogP contribution in [-0.2, 0) is 0 Å². The van der Waals surface area contributed by atoms with Crippen molar-refractivity contribution in [3.05, 3.63) is 52.4 Å². The molecule has 0 spiro atoms. The normalized spacial score (nSPS) is 11.2. The standard InChI is InChI=1S/C15H14ClN3/c1-9-4-6-12(7-5-9)14-11(3)18-19-13(16)8-10(2)17-15(14)19/h4-8H,1-3H3. The molecule has 1 aromatic carbocycles. The summed E-state index contributed by atoms with van der Waals surface area (Å²) in [4.78, 5) is 4.57. The van der Waals surface area contributed by atoms with Crippen LogP contribution in [0.15, 0.2) is 30.3 Å². The van der Waals surface area contributed by atoms with Gasteiger partial charge in [0.05, 0.1) is 5.69 Å². The van der Waals surface area contributed by atoms with E-state index in [9.17, 15) is 0 Å². The molecule has 0 unspecified atom stereocenters. The second kappa shape index (κ2) is 4.35. The number of halogens is 1. The first-order valence-electron chi connectivity index (χ1n) is 6.16. The molecule has 0 saturated carbocycles. The van der Waals surface area contributed by atoms with Crippen molar-refractivity contribution in [3.8, 4) is 11.1 Å². The van der Waals surface area contributed by atoms with Crippen molar-refractivity contribution in [2.24, 2.45) is 0 Å². The maximum absolute atomic E-state index is 6.22. The van der Waals surface area contributed by atoms with Gasteiger partial charge < -0.3 is 0 Å². The van der Waals surface area contributed by atoms with Crippen LogP contribution in [0.4, 0.5) is 0 Å². The predicted octanol–water partition coefficient (Wildman–Crippen LogP) is 3.97. The summed E-state index contributed by atoms with van der Waals surface area (Å²) in [5.74, 6) is 0. The molecule has 0 saturated heterocycles. The molecule has 0 radical (unpaired) electrons. The van der Waals surface area contributed by atoms with E-state index in [1.807, 2.05) is 19.9 Å². The molecule has 0 amide bonds. The van der Waals surface area contributed by atoms with Gasteiger partial charge in [0.15, 0.2) is 5.65 Å². The zero-order chi connectivity index (χ0) is 13.6. The summed E-state index contributed by atoms with van der Waals surface area (Å²) in [7, 11) is 0. The molecule has 3 nitrogen and oxygen atoms in total. The fourth-order valence-electron chi connectivity index (χ4n) is 2.26. The Labute approximate surface area is 116 Å². The monoisotopic (exact) mass is 271 g/mol. The molecule has 0 atom stereocenters. The lowest BCUT2D eigenvalue weighted by Crippen LogP contribution is -1.94. The third kappa shape index (κ3) is 2.00.